The van der Waals surface area contributed by atoms with Gasteiger partial charge in [-0.3, -0.25) is 9.59 Å². The zero-order valence-corrected chi connectivity index (χ0v) is 18.3. The van der Waals surface area contributed by atoms with Gasteiger partial charge in [-0.15, -0.1) is 0 Å². The molecule has 3 aromatic carbocycles. The Morgan fingerprint density at radius 1 is 0.935 bits per heavy atom. The number of nitrogens with zero attached hydrogens (tertiary/aromatic N) is 1. The molecular weight excluding hydrogens is 386 g/mol. The van der Waals surface area contributed by atoms with Crippen LogP contribution in [0.3, 0.4) is 0 Å². The number of amides is 2. The molecule has 0 aliphatic carbocycles. The second-order valence-electron chi connectivity index (χ2n) is 8.42. The Hall–Kier alpha value is -3.18. The van der Waals surface area contributed by atoms with Crippen LogP contribution in [0, 0.1) is 13.8 Å². The minimum atomic E-state index is 0.0271. The van der Waals surface area contributed by atoms with Crippen LogP contribution in [0.15, 0.2) is 60.7 Å². The van der Waals surface area contributed by atoms with Crippen molar-refractivity contribution in [2.24, 2.45) is 0 Å². The quantitative estimate of drug-likeness (QED) is 0.671. The van der Waals surface area contributed by atoms with Crippen molar-refractivity contribution in [2.75, 3.05) is 38.0 Å². The first-order valence-electron chi connectivity index (χ1n) is 11.0. The molecule has 0 atom stereocenters. The monoisotopic (exact) mass is 416 g/mol. The molecule has 0 spiro atoms. The fourth-order valence-electron chi connectivity index (χ4n) is 4.28. The molecule has 4 rings (SSSR count). The molecule has 5 heteroatoms. The van der Waals surface area contributed by atoms with Gasteiger partial charge in [0.1, 0.15) is 0 Å². The molecule has 0 saturated carbocycles. The number of quaternary nitrogens is 1. The highest BCUT2D eigenvalue weighted by molar-refractivity contribution is 5.92. The number of piperazine rings is 1. The van der Waals surface area contributed by atoms with Crippen LogP contribution in [0.2, 0.25) is 0 Å². The van der Waals surface area contributed by atoms with Gasteiger partial charge in [-0.25, -0.2) is 0 Å². The van der Waals surface area contributed by atoms with Crippen LogP contribution in [0.1, 0.15) is 16.7 Å². The summed E-state index contributed by atoms with van der Waals surface area (Å²) in [4.78, 5) is 28.6. The van der Waals surface area contributed by atoms with Crippen molar-refractivity contribution in [1.82, 2.24) is 4.90 Å². The first-order valence-corrected chi connectivity index (χ1v) is 11.0. The smallest absolute Gasteiger partial charge is 0.279 e. The second kappa shape index (κ2) is 9.31. The lowest BCUT2D eigenvalue weighted by atomic mass is 10.0. The molecule has 0 aromatic heterocycles. The molecule has 5 nitrogen and oxygen atoms in total. The molecule has 0 unspecified atom stereocenters. The summed E-state index contributed by atoms with van der Waals surface area (Å²) < 4.78 is 0. The van der Waals surface area contributed by atoms with Crippen LogP contribution in [-0.4, -0.2) is 49.4 Å². The highest BCUT2D eigenvalue weighted by Crippen LogP contribution is 2.20. The third-order valence-corrected chi connectivity index (χ3v) is 6.33. The van der Waals surface area contributed by atoms with Crippen molar-refractivity contribution in [2.45, 2.75) is 20.3 Å². The fourth-order valence-corrected chi connectivity index (χ4v) is 4.28. The molecule has 1 aliphatic heterocycles. The van der Waals surface area contributed by atoms with Gasteiger partial charge in [0.2, 0.25) is 5.91 Å². The third kappa shape index (κ3) is 4.94. The molecule has 3 aromatic rings. The van der Waals surface area contributed by atoms with E-state index in [0.717, 1.165) is 40.7 Å². The Morgan fingerprint density at radius 3 is 2.45 bits per heavy atom. The predicted molar refractivity (Wildman–Crippen MR) is 124 cm³/mol. The van der Waals surface area contributed by atoms with Crippen LogP contribution in [0.4, 0.5) is 5.69 Å². The van der Waals surface area contributed by atoms with Gasteiger partial charge in [-0.2, -0.15) is 0 Å². The molecular formula is C26H30N3O2+. The minimum absolute atomic E-state index is 0.0271. The zero-order chi connectivity index (χ0) is 21.8. The van der Waals surface area contributed by atoms with E-state index < -0.39 is 0 Å². The van der Waals surface area contributed by atoms with E-state index in [0.29, 0.717) is 26.1 Å². The summed E-state index contributed by atoms with van der Waals surface area (Å²) in [6.07, 6.45) is 0.420. The highest BCUT2D eigenvalue weighted by Gasteiger charge is 2.25. The Kier molecular flexibility index (Phi) is 6.33. The van der Waals surface area contributed by atoms with Crippen molar-refractivity contribution in [3.05, 3.63) is 77.4 Å². The van der Waals surface area contributed by atoms with Gasteiger partial charge in [0.15, 0.2) is 6.54 Å². The molecule has 0 bridgehead atoms. The van der Waals surface area contributed by atoms with Crippen LogP contribution in [0.5, 0.6) is 0 Å². The fraction of sp³-hybridized carbons (Fsp3) is 0.308. The SMILES string of the molecule is Cc1cccc(NC(=O)C[NH+]2CCN(C(=O)Cc3cccc4ccccc34)CC2)c1C. The number of fused-ring (bicyclic) bond motifs is 1. The molecule has 0 radical (unpaired) electrons. The molecule has 1 aliphatic rings. The normalized spacial score (nSPS) is 14.6. The number of nitrogens with one attached hydrogen (secondary N) is 2. The number of aryl methyl sites for hydroxylation is 1. The van der Waals surface area contributed by atoms with Crippen LogP contribution in [0.25, 0.3) is 10.8 Å². The number of carbonyl (C=O) groups excluding carboxylic acids is 2. The van der Waals surface area contributed by atoms with E-state index in [9.17, 15) is 9.59 Å². The molecule has 1 heterocycles. The largest absolute Gasteiger partial charge is 0.331 e. The van der Waals surface area contributed by atoms with Gasteiger partial charge in [0.05, 0.1) is 32.6 Å². The average Bonchev–Trinajstić information content (AvgIpc) is 2.77. The Bertz CT molecular complexity index is 1100. The molecule has 2 N–H and O–H groups in total. The zero-order valence-electron chi connectivity index (χ0n) is 18.3. The lowest BCUT2D eigenvalue weighted by molar-refractivity contribution is -0.895. The first-order chi connectivity index (χ1) is 15.0. The van der Waals surface area contributed by atoms with E-state index in [2.05, 4.69) is 23.5 Å². The average molecular weight is 417 g/mol. The van der Waals surface area contributed by atoms with E-state index in [-0.39, 0.29) is 11.8 Å². The molecule has 160 valence electrons. The summed E-state index contributed by atoms with van der Waals surface area (Å²) in [6, 6.07) is 20.3. The number of rotatable bonds is 5. The van der Waals surface area contributed by atoms with Crippen LogP contribution in [-0.2, 0) is 16.0 Å². The summed E-state index contributed by atoms with van der Waals surface area (Å²) >= 11 is 0. The number of hydrogen-bond acceptors (Lipinski definition) is 2. The Labute approximate surface area is 183 Å². The van der Waals surface area contributed by atoms with Crippen LogP contribution >= 0.6 is 0 Å². The summed E-state index contributed by atoms with van der Waals surface area (Å²) in [5, 5.41) is 5.35. The number of hydrogen-bond donors (Lipinski definition) is 2. The van der Waals surface area contributed by atoms with E-state index in [4.69, 9.17) is 0 Å². The lowest BCUT2D eigenvalue weighted by Crippen LogP contribution is -3.15. The van der Waals surface area contributed by atoms with E-state index in [1.807, 2.05) is 61.2 Å². The maximum Gasteiger partial charge on any atom is 0.279 e. The summed E-state index contributed by atoms with van der Waals surface area (Å²) in [5.41, 5.74) is 4.23. The Morgan fingerprint density at radius 2 is 1.65 bits per heavy atom. The molecule has 2 amide bonds. The van der Waals surface area contributed by atoms with Crippen molar-refractivity contribution >= 4 is 28.3 Å². The van der Waals surface area contributed by atoms with E-state index in [1.165, 1.54) is 10.5 Å². The summed E-state index contributed by atoms with van der Waals surface area (Å²) in [6.45, 7) is 7.47. The van der Waals surface area contributed by atoms with Gasteiger partial charge in [-0.1, -0.05) is 54.6 Å². The Balaban J connectivity index is 1.29. The van der Waals surface area contributed by atoms with Crippen LogP contribution < -0.4 is 10.2 Å². The minimum Gasteiger partial charge on any atom is -0.331 e. The number of anilines is 1. The number of carbonyl (C=O) groups is 2. The summed E-state index contributed by atoms with van der Waals surface area (Å²) in [5.74, 6) is 0.189. The molecule has 31 heavy (non-hydrogen) atoms. The first kappa shape index (κ1) is 21.1. The lowest BCUT2D eigenvalue weighted by Gasteiger charge is -2.32. The maximum absolute atomic E-state index is 12.9. The van der Waals surface area contributed by atoms with Gasteiger partial charge in [-0.05, 0) is 47.4 Å². The van der Waals surface area contributed by atoms with Crippen molar-refractivity contribution in [3.8, 4) is 0 Å². The molecule has 1 fully saturated rings. The van der Waals surface area contributed by atoms with Crippen molar-refractivity contribution < 1.29 is 14.5 Å². The predicted octanol–water partition coefficient (Wildman–Crippen LogP) is 2.36. The van der Waals surface area contributed by atoms with Crippen molar-refractivity contribution in [3.63, 3.8) is 0 Å². The van der Waals surface area contributed by atoms with Gasteiger partial charge < -0.3 is 15.1 Å². The van der Waals surface area contributed by atoms with Gasteiger partial charge >= 0.3 is 0 Å². The summed E-state index contributed by atoms with van der Waals surface area (Å²) in [7, 11) is 0. The van der Waals surface area contributed by atoms with E-state index >= 15 is 0 Å². The van der Waals surface area contributed by atoms with Gasteiger partial charge in [0, 0.05) is 5.69 Å². The standard InChI is InChI=1S/C26H29N3O2/c1-19-7-5-12-24(20(19)2)27-25(30)18-28-13-15-29(16-14-28)26(31)17-22-10-6-9-21-8-3-4-11-23(21)22/h3-12H,13-18H2,1-2H3,(H,27,30)/p+1. The second-order valence-corrected chi connectivity index (χ2v) is 8.42. The highest BCUT2D eigenvalue weighted by atomic mass is 16.2. The van der Waals surface area contributed by atoms with E-state index in [1.54, 1.807) is 0 Å². The number of benzene rings is 3. The maximum atomic E-state index is 12.9. The van der Waals surface area contributed by atoms with Gasteiger partial charge in [0.25, 0.3) is 5.91 Å². The molecule has 1 saturated heterocycles. The topological polar surface area (TPSA) is 53.9 Å². The van der Waals surface area contributed by atoms with Crippen molar-refractivity contribution in [1.29, 1.82) is 0 Å². The third-order valence-electron chi connectivity index (χ3n) is 6.33.